The van der Waals surface area contributed by atoms with Crippen molar-refractivity contribution in [3.8, 4) is 0 Å². The van der Waals surface area contributed by atoms with E-state index in [2.05, 4.69) is 5.32 Å². The molecule has 0 aliphatic heterocycles. The van der Waals surface area contributed by atoms with Crippen LogP contribution in [0.15, 0.2) is 30.3 Å². The van der Waals surface area contributed by atoms with Gasteiger partial charge in [0.15, 0.2) is 0 Å². The number of aliphatic hydroxyl groups is 1. The van der Waals surface area contributed by atoms with Crippen LogP contribution in [0.5, 0.6) is 0 Å². The highest BCUT2D eigenvalue weighted by atomic mass is 35.5. The highest BCUT2D eigenvalue weighted by Gasteiger charge is 2.19. The molecule has 1 aromatic rings. The third-order valence-corrected chi connectivity index (χ3v) is 2.57. The molecule has 6 heteroatoms. The number of nitrogens with one attached hydrogen (secondary N) is 1. The lowest BCUT2D eigenvalue weighted by Crippen LogP contribution is -2.40. The monoisotopic (exact) mass is 256 g/mol. The Morgan fingerprint density at radius 2 is 1.94 bits per heavy atom. The minimum absolute atomic E-state index is 0.246. The first-order valence-electron chi connectivity index (χ1n) is 4.96. The molecule has 0 aliphatic carbocycles. The molecular formula is C11H13ClN2O3. The SMILES string of the molecule is NC(=O)C(O)CNC(=O)C(Cl)c1ccccc1. The van der Waals surface area contributed by atoms with Crippen LogP contribution in [0.4, 0.5) is 0 Å². The molecule has 0 fully saturated rings. The number of hydrogen-bond acceptors (Lipinski definition) is 3. The quantitative estimate of drug-likeness (QED) is 0.644. The van der Waals surface area contributed by atoms with E-state index in [4.69, 9.17) is 22.4 Å². The van der Waals surface area contributed by atoms with Crippen molar-refractivity contribution < 1.29 is 14.7 Å². The molecule has 1 rings (SSSR count). The van der Waals surface area contributed by atoms with Crippen LogP contribution < -0.4 is 11.1 Å². The van der Waals surface area contributed by atoms with Gasteiger partial charge in [-0.15, -0.1) is 11.6 Å². The van der Waals surface area contributed by atoms with Crippen molar-refractivity contribution in [2.24, 2.45) is 5.73 Å². The van der Waals surface area contributed by atoms with Crippen molar-refractivity contribution in [2.45, 2.75) is 11.5 Å². The smallest absolute Gasteiger partial charge is 0.248 e. The molecule has 0 bridgehead atoms. The van der Waals surface area contributed by atoms with E-state index in [9.17, 15) is 9.59 Å². The fourth-order valence-corrected chi connectivity index (χ4v) is 1.38. The second kappa shape index (κ2) is 6.22. The van der Waals surface area contributed by atoms with E-state index in [0.717, 1.165) is 0 Å². The van der Waals surface area contributed by atoms with E-state index >= 15 is 0 Å². The van der Waals surface area contributed by atoms with Crippen LogP contribution >= 0.6 is 11.6 Å². The number of aliphatic hydroxyl groups excluding tert-OH is 1. The minimum atomic E-state index is -1.40. The Hall–Kier alpha value is -1.59. The highest BCUT2D eigenvalue weighted by Crippen LogP contribution is 2.19. The van der Waals surface area contributed by atoms with Crippen molar-refractivity contribution in [3.63, 3.8) is 0 Å². The molecule has 2 unspecified atom stereocenters. The zero-order chi connectivity index (χ0) is 12.8. The molecule has 2 amide bonds. The van der Waals surface area contributed by atoms with Gasteiger partial charge < -0.3 is 16.2 Å². The van der Waals surface area contributed by atoms with Gasteiger partial charge in [-0.25, -0.2) is 0 Å². The van der Waals surface area contributed by atoms with Crippen LogP contribution in [0, 0.1) is 0 Å². The largest absolute Gasteiger partial charge is 0.381 e. The lowest BCUT2D eigenvalue weighted by Gasteiger charge is -2.12. The summed E-state index contributed by atoms with van der Waals surface area (Å²) in [4.78, 5) is 22.1. The van der Waals surface area contributed by atoms with E-state index < -0.39 is 23.3 Å². The highest BCUT2D eigenvalue weighted by molar-refractivity contribution is 6.30. The molecule has 2 atom stereocenters. The number of nitrogens with two attached hydrogens (primary N) is 1. The van der Waals surface area contributed by atoms with E-state index in [1.165, 1.54) is 0 Å². The van der Waals surface area contributed by atoms with Gasteiger partial charge in [-0.3, -0.25) is 9.59 Å². The number of primary amides is 1. The molecule has 0 aliphatic rings. The molecule has 0 radical (unpaired) electrons. The zero-order valence-corrected chi connectivity index (χ0v) is 9.72. The number of halogens is 1. The fraction of sp³-hybridized carbons (Fsp3) is 0.273. The Bertz CT molecular complexity index is 397. The van der Waals surface area contributed by atoms with E-state index in [0.29, 0.717) is 5.56 Å². The third-order valence-electron chi connectivity index (χ3n) is 2.12. The second-order valence-corrected chi connectivity index (χ2v) is 3.87. The lowest BCUT2D eigenvalue weighted by atomic mass is 10.1. The molecule has 0 spiro atoms. The number of alkyl halides is 1. The Labute approximate surface area is 104 Å². The van der Waals surface area contributed by atoms with Crippen molar-refractivity contribution in [1.29, 1.82) is 0 Å². The van der Waals surface area contributed by atoms with Gasteiger partial charge in [-0.05, 0) is 5.56 Å². The molecule has 0 saturated carbocycles. The van der Waals surface area contributed by atoms with Gasteiger partial charge in [0, 0.05) is 0 Å². The van der Waals surface area contributed by atoms with E-state index in [1.807, 2.05) is 6.07 Å². The van der Waals surface area contributed by atoms with Crippen LogP contribution in [0.2, 0.25) is 0 Å². The predicted molar refractivity (Wildman–Crippen MR) is 63.2 cm³/mol. The maximum atomic E-state index is 11.6. The molecule has 17 heavy (non-hydrogen) atoms. The summed E-state index contributed by atoms with van der Waals surface area (Å²) in [7, 11) is 0. The van der Waals surface area contributed by atoms with Crippen LogP contribution in [0.1, 0.15) is 10.9 Å². The topological polar surface area (TPSA) is 92.4 Å². The van der Waals surface area contributed by atoms with Crippen LogP contribution in [-0.4, -0.2) is 29.6 Å². The average molecular weight is 257 g/mol. The minimum Gasteiger partial charge on any atom is -0.381 e. The molecule has 0 aromatic heterocycles. The van der Waals surface area contributed by atoms with E-state index in [1.54, 1.807) is 24.3 Å². The summed E-state index contributed by atoms with van der Waals surface area (Å²) in [6.07, 6.45) is -1.40. The average Bonchev–Trinajstić information content (AvgIpc) is 2.35. The van der Waals surface area contributed by atoms with Crippen molar-refractivity contribution in [1.82, 2.24) is 5.32 Å². The van der Waals surface area contributed by atoms with Gasteiger partial charge in [0.2, 0.25) is 11.8 Å². The molecule has 92 valence electrons. The summed E-state index contributed by atoms with van der Waals surface area (Å²) in [5.74, 6) is -1.38. The summed E-state index contributed by atoms with van der Waals surface area (Å²) in [5.41, 5.74) is 5.48. The van der Waals surface area contributed by atoms with Gasteiger partial charge in [0.05, 0.1) is 6.54 Å². The first-order valence-corrected chi connectivity index (χ1v) is 5.40. The van der Waals surface area contributed by atoms with Crippen LogP contribution in [0.25, 0.3) is 0 Å². The van der Waals surface area contributed by atoms with Crippen LogP contribution in [-0.2, 0) is 9.59 Å². The Morgan fingerprint density at radius 1 is 1.35 bits per heavy atom. The fourth-order valence-electron chi connectivity index (χ4n) is 1.16. The summed E-state index contributed by atoms with van der Waals surface area (Å²) < 4.78 is 0. The lowest BCUT2D eigenvalue weighted by molar-refractivity contribution is -0.127. The zero-order valence-electron chi connectivity index (χ0n) is 8.97. The molecule has 5 nitrogen and oxygen atoms in total. The normalized spacial score (nSPS) is 13.8. The Kier molecular flexibility index (Phi) is 4.93. The molecule has 0 saturated heterocycles. The van der Waals surface area contributed by atoms with Crippen molar-refractivity contribution in [2.75, 3.05) is 6.54 Å². The van der Waals surface area contributed by atoms with Crippen molar-refractivity contribution in [3.05, 3.63) is 35.9 Å². The summed E-state index contributed by atoms with van der Waals surface area (Å²) in [5, 5.41) is 10.6. The Morgan fingerprint density at radius 3 is 2.47 bits per heavy atom. The van der Waals surface area contributed by atoms with Crippen molar-refractivity contribution >= 4 is 23.4 Å². The van der Waals surface area contributed by atoms with Crippen LogP contribution in [0.3, 0.4) is 0 Å². The van der Waals surface area contributed by atoms with E-state index in [-0.39, 0.29) is 6.54 Å². The molecule has 4 N–H and O–H groups in total. The number of rotatable bonds is 5. The first kappa shape index (κ1) is 13.5. The number of benzene rings is 1. The predicted octanol–water partition coefficient (Wildman–Crippen LogP) is -0.0711. The standard InChI is InChI=1S/C11H13ClN2O3/c12-9(7-4-2-1-3-5-7)11(17)14-6-8(15)10(13)16/h1-5,8-9,15H,6H2,(H2,13,16)(H,14,17). The summed E-state index contributed by atoms with van der Waals surface area (Å²) >= 11 is 5.91. The third kappa shape index (κ3) is 4.05. The number of carbonyl (C=O) groups is 2. The number of amides is 2. The Balaban J connectivity index is 2.51. The maximum absolute atomic E-state index is 11.6. The molecule has 1 aromatic carbocycles. The maximum Gasteiger partial charge on any atom is 0.248 e. The number of carbonyl (C=O) groups excluding carboxylic acids is 2. The van der Waals surface area contributed by atoms with Gasteiger partial charge >= 0.3 is 0 Å². The summed E-state index contributed by atoms with van der Waals surface area (Å²) in [6, 6.07) is 8.75. The number of hydrogen-bond donors (Lipinski definition) is 3. The first-order chi connectivity index (χ1) is 8.02. The molecule has 0 heterocycles. The van der Waals surface area contributed by atoms with Gasteiger partial charge in [-0.2, -0.15) is 0 Å². The van der Waals surface area contributed by atoms with Gasteiger partial charge in [0.1, 0.15) is 11.5 Å². The summed E-state index contributed by atoms with van der Waals surface area (Å²) in [6.45, 7) is -0.246. The molecular weight excluding hydrogens is 244 g/mol. The second-order valence-electron chi connectivity index (χ2n) is 3.44. The van der Waals surface area contributed by atoms with Gasteiger partial charge in [0.25, 0.3) is 0 Å². The van der Waals surface area contributed by atoms with Gasteiger partial charge in [-0.1, -0.05) is 30.3 Å².